The molecule has 0 radical (unpaired) electrons. The predicted octanol–water partition coefficient (Wildman–Crippen LogP) is 5.47. The predicted molar refractivity (Wildman–Crippen MR) is 183 cm³/mol. The molecule has 6 rings (SSSR count). The first-order valence-electron chi connectivity index (χ1n) is 15.5. The van der Waals surface area contributed by atoms with Gasteiger partial charge in [-0.15, -0.1) is 0 Å². The van der Waals surface area contributed by atoms with E-state index in [1.54, 1.807) is 48.2 Å². The highest BCUT2D eigenvalue weighted by Crippen LogP contribution is 2.34. The van der Waals surface area contributed by atoms with Crippen molar-refractivity contribution < 1.29 is 22.7 Å². The maximum atomic E-state index is 14.0. The van der Waals surface area contributed by atoms with Crippen LogP contribution in [0.15, 0.2) is 61.1 Å². The summed E-state index contributed by atoms with van der Waals surface area (Å²) in [5, 5.41) is 2.04. The number of ether oxygens (including phenoxy) is 1. The van der Waals surface area contributed by atoms with Gasteiger partial charge in [-0.25, -0.2) is 23.1 Å². The van der Waals surface area contributed by atoms with Gasteiger partial charge < -0.3 is 9.64 Å². The number of benzene rings is 2. The van der Waals surface area contributed by atoms with Gasteiger partial charge in [0.15, 0.2) is 5.65 Å². The van der Waals surface area contributed by atoms with Crippen LogP contribution in [0.2, 0.25) is 5.02 Å². The molecule has 0 spiro atoms. The van der Waals surface area contributed by atoms with Crippen LogP contribution in [0, 0.1) is 12.8 Å². The zero-order valence-electron chi connectivity index (χ0n) is 26.7. The molecule has 1 N–H and O–H groups in total. The van der Waals surface area contributed by atoms with Crippen LogP contribution in [0.5, 0.6) is 5.75 Å². The van der Waals surface area contributed by atoms with E-state index in [0.717, 1.165) is 47.8 Å². The lowest BCUT2D eigenvalue weighted by atomic mass is 9.86. The molecule has 3 aromatic heterocycles. The number of sulfonamides is 1. The number of nitrogens with one attached hydrogen (secondary N) is 1. The van der Waals surface area contributed by atoms with Crippen LogP contribution >= 0.6 is 11.6 Å². The number of anilines is 1. The minimum absolute atomic E-state index is 0.0227. The molecule has 0 atom stereocenters. The van der Waals surface area contributed by atoms with Crippen molar-refractivity contribution in [2.75, 3.05) is 31.9 Å². The number of carbonyl (C=O) groups excluding carboxylic acids is 2. The number of hydrogen-bond acceptors (Lipinski definition) is 8. The van der Waals surface area contributed by atoms with E-state index in [2.05, 4.69) is 19.6 Å². The summed E-state index contributed by atoms with van der Waals surface area (Å²) in [7, 11) is 1.77. The Balaban J connectivity index is 1.28. The second-order valence-electron chi connectivity index (χ2n) is 12.1. The van der Waals surface area contributed by atoms with E-state index in [-0.39, 0.29) is 35.9 Å². The van der Waals surface area contributed by atoms with Crippen molar-refractivity contribution in [2.45, 2.75) is 45.1 Å². The van der Waals surface area contributed by atoms with Gasteiger partial charge in [-0.05, 0) is 99.7 Å². The molecule has 1 saturated carbocycles. The molecule has 0 bridgehead atoms. The minimum Gasteiger partial charge on any atom is -0.497 e. The van der Waals surface area contributed by atoms with Gasteiger partial charge >= 0.3 is 0 Å². The van der Waals surface area contributed by atoms with Crippen molar-refractivity contribution in [3.05, 3.63) is 82.9 Å². The van der Waals surface area contributed by atoms with Crippen LogP contribution in [0.3, 0.4) is 0 Å². The second-order valence-corrected chi connectivity index (χ2v) is 14.5. The van der Waals surface area contributed by atoms with Crippen molar-refractivity contribution in [2.24, 2.45) is 5.92 Å². The average Bonchev–Trinajstić information content (AvgIpc) is 3.63. The normalized spacial score (nSPS) is 16.9. The highest BCUT2D eigenvalue weighted by atomic mass is 35.5. The highest BCUT2D eigenvalue weighted by molar-refractivity contribution is 7.89. The third-order valence-corrected chi connectivity index (χ3v) is 11.1. The third kappa shape index (κ3) is 6.37. The topological polar surface area (TPSA) is 128 Å². The summed E-state index contributed by atoms with van der Waals surface area (Å²) in [6, 6.07) is 14.2. The first-order chi connectivity index (χ1) is 22.5. The number of methoxy groups -OCH3 is 1. The lowest BCUT2D eigenvalue weighted by molar-refractivity contribution is 0.0915. The van der Waals surface area contributed by atoms with E-state index < -0.39 is 10.0 Å². The first-order valence-corrected chi connectivity index (χ1v) is 17.5. The fourth-order valence-electron chi connectivity index (χ4n) is 6.72. The molecule has 0 saturated heterocycles. The Hall–Kier alpha value is -4.26. The number of nitrogens with zero attached hydrogens (tertiary/aromatic N) is 5. The van der Waals surface area contributed by atoms with E-state index in [4.69, 9.17) is 16.3 Å². The van der Waals surface area contributed by atoms with Crippen LogP contribution in [0.25, 0.3) is 21.9 Å². The van der Waals surface area contributed by atoms with Gasteiger partial charge in [0.25, 0.3) is 5.91 Å². The Bertz CT molecular complexity index is 2080. The third-order valence-electron chi connectivity index (χ3n) is 9.36. The molecule has 11 nitrogen and oxygen atoms in total. The summed E-state index contributed by atoms with van der Waals surface area (Å²) < 4.78 is 35.2. The van der Waals surface area contributed by atoms with Crippen molar-refractivity contribution in [1.82, 2.24) is 23.8 Å². The van der Waals surface area contributed by atoms with Crippen LogP contribution in [-0.2, 0) is 16.4 Å². The van der Waals surface area contributed by atoms with Crippen LogP contribution in [0.4, 0.5) is 5.82 Å². The zero-order valence-corrected chi connectivity index (χ0v) is 28.3. The lowest BCUT2D eigenvalue weighted by Crippen LogP contribution is -2.38. The molecule has 3 heterocycles. The fraction of sp³-hybridized carbons (Fsp3) is 0.353. The quantitative estimate of drug-likeness (QED) is 0.218. The van der Waals surface area contributed by atoms with E-state index in [9.17, 15) is 18.0 Å². The monoisotopic (exact) mass is 676 g/mol. The summed E-state index contributed by atoms with van der Waals surface area (Å²) in [6.45, 7) is 1.84. The highest BCUT2D eigenvalue weighted by Gasteiger charge is 2.29. The number of fused-ring (bicyclic) bond motifs is 2. The number of aromatic nitrogens is 4. The summed E-state index contributed by atoms with van der Waals surface area (Å²) in [4.78, 5) is 38.9. The molecule has 0 unspecified atom stereocenters. The minimum atomic E-state index is -3.25. The largest absolute Gasteiger partial charge is 0.497 e. The molecular formula is C34H37ClN6O5S. The Kier molecular flexibility index (Phi) is 9.10. The Morgan fingerprint density at radius 1 is 1.04 bits per heavy atom. The molecule has 13 heteroatoms. The molecule has 2 aromatic carbocycles. The smallest absolute Gasteiger partial charge is 0.262 e. The summed E-state index contributed by atoms with van der Waals surface area (Å²) in [6.07, 6.45) is 6.50. The van der Waals surface area contributed by atoms with Gasteiger partial charge in [0, 0.05) is 41.0 Å². The number of hydrogen-bond donors (Lipinski definition) is 1. The van der Waals surface area contributed by atoms with E-state index >= 15 is 0 Å². The Labute approximate surface area is 278 Å². The molecule has 1 fully saturated rings. The van der Waals surface area contributed by atoms with Crippen molar-refractivity contribution >= 4 is 61.2 Å². The van der Waals surface area contributed by atoms with E-state index in [1.807, 2.05) is 32.2 Å². The number of halogens is 1. The zero-order chi connectivity index (χ0) is 33.5. The molecule has 47 heavy (non-hydrogen) atoms. The molecule has 1 aliphatic rings. The van der Waals surface area contributed by atoms with Crippen LogP contribution in [-0.4, -0.2) is 72.3 Å². The van der Waals surface area contributed by atoms with Gasteiger partial charge in [0.1, 0.15) is 17.9 Å². The van der Waals surface area contributed by atoms with Gasteiger partial charge in [0.2, 0.25) is 15.9 Å². The summed E-state index contributed by atoms with van der Waals surface area (Å²) in [5.74, 6) is 1.17. The fourth-order valence-corrected chi connectivity index (χ4v) is 7.96. The van der Waals surface area contributed by atoms with Gasteiger partial charge in [0.05, 0.1) is 30.2 Å². The van der Waals surface area contributed by atoms with Crippen molar-refractivity contribution in [1.29, 1.82) is 0 Å². The summed E-state index contributed by atoms with van der Waals surface area (Å²) >= 11 is 6.07. The molecule has 5 aromatic rings. The summed E-state index contributed by atoms with van der Waals surface area (Å²) in [5.41, 5.74) is 3.02. The van der Waals surface area contributed by atoms with Gasteiger partial charge in [-0.1, -0.05) is 11.6 Å². The Morgan fingerprint density at radius 2 is 1.77 bits per heavy atom. The maximum Gasteiger partial charge on any atom is 0.262 e. The molecular weight excluding hydrogens is 640 g/mol. The lowest BCUT2D eigenvalue weighted by Gasteiger charge is -2.35. The van der Waals surface area contributed by atoms with Crippen molar-refractivity contribution in [3.8, 4) is 5.75 Å². The van der Waals surface area contributed by atoms with Crippen LogP contribution in [0.1, 0.15) is 52.1 Å². The molecule has 0 amide bonds. The van der Waals surface area contributed by atoms with Gasteiger partial charge in [-0.3, -0.25) is 18.7 Å². The average molecular weight is 677 g/mol. The molecule has 1 aliphatic carbocycles. The first kappa shape index (κ1) is 32.7. The molecule has 246 valence electrons. The van der Waals surface area contributed by atoms with E-state index in [1.165, 1.54) is 17.9 Å². The standard InChI is InChI=1S/C34H37ClN6O5S/c1-21-28(29-17-26(46-4)13-14-30(29)41(21)34(43)23-7-9-24(35)10-8-23)18-31(42)40-16-15-27-32(37-20-38-33(27)40)39(3)25-11-5-22(6-12-25)19-47(44,45)36-2/h7-10,13-17,20,22,25,36H,5-6,11-12,18-19H2,1-4H3/t22-,25-. The van der Waals surface area contributed by atoms with E-state index in [0.29, 0.717) is 33.2 Å². The SMILES string of the molecule is CNS(=O)(=O)C[C@H]1CC[C@H](N(C)c2ncnc3c2ccn3C(=O)Cc2c(C)n(C(=O)c3ccc(Cl)cc3)c3ccc(OC)cc23)CC1. The molecule has 0 aliphatic heterocycles. The number of rotatable bonds is 9. The number of carbonyl (C=O) groups is 2. The van der Waals surface area contributed by atoms with Gasteiger partial charge in [-0.2, -0.15) is 0 Å². The van der Waals surface area contributed by atoms with Crippen molar-refractivity contribution in [3.63, 3.8) is 0 Å². The van der Waals surface area contributed by atoms with Crippen LogP contribution < -0.4 is 14.4 Å². The maximum absolute atomic E-state index is 14.0. The Morgan fingerprint density at radius 3 is 2.45 bits per heavy atom. The second kappa shape index (κ2) is 13.1.